The Bertz CT molecular complexity index is 853. The fourth-order valence-electron chi connectivity index (χ4n) is 2.69. The van der Waals surface area contributed by atoms with Crippen LogP contribution in [0, 0.1) is 11.3 Å². The fourth-order valence-corrected chi connectivity index (χ4v) is 2.84. The Kier molecular flexibility index (Phi) is 4.66. The van der Waals surface area contributed by atoms with E-state index >= 15 is 4.39 Å². The summed E-state index contributed by atoms with van der Waals surface area (Å²) in [6.07, 6.45) is -3.14. The van der Waals surface area contributed by atoms with E-state index in [1.54, 1.807) is 6.92 Å². The van der Waals surface area contributed by atoms with Crippen LogP contribution in [-0.4, -0.2) is 60.8 Å². The molecule has 3 heterocycles. The number of nitrogens with zero attached hydrogens (tertiary/aromatic N) is 4. The zero-order valence-electron chi connectivity index (χ0n) is 13.1. The molecule has 4 atom stereocenters. The maximum Gasteiger partial charge on any atom is 0.247 e. The largest absolute Gasteiger partial charge is 0.476 e. The number of nitrogens with two attached hydrogens (primary N) is 1. The van der Waals surface area contributed by atoms with Crippen molar-refractivity contribution in [2.75, 3.05) is 18.9 Å². The van der Waals surface area contributed by atoms with E-state index in [1.807, 2.05) is 5.38 Å². The van der Waals surface area contributed by atoms with Crippen molar-refractivity contribution >= 4 is 28.7 Å². The van der Waals surface area contributed by atoms with Gasteiger partial charge in [0.25, 0.3) is 0 Å². The third-order valence-corrected chi connectivity index (χ3v) is 3.90. The third-order valence-electron chi connectivity index (χ3n) is 3.80. The van der Waals surface area contributed by atoms with Gasteiger partial charge in [-0.15, -0.1) is 0 Å². The normalized spacial score (nSPS) is 28.8. The van der Waals surface area contributed by atoms with Crippen molar-refractivity contribution in [2.45, 2.75) is 31.0 Å². The highest BCUT2D eigenvalue weighted by Crippen LogP contribution is 2.42. The topological polar surface area (TPSA) is 129 Å². The molecule has 134 valence electrons. The van der Waals surface area contributed by atoms with Gasteiger partial charge in [-0.2, -0.15) is 9.97 Å². The molecule has 4 N–H and O–H groups in total. The van der Waals surface area contributed by atoms with Gasteiger partial charge in [0.15, 0.2) is 17.4 Å². The van der Waals surface area contributed by atoms with Crippen molar-refractivity contribution in [3.8, 4) is 17.2 Å². The van der Waals surface area contributed by atoms with E-state index in [4.69, 9.17) is 26.8 Å². The molecule has 11 heteroatoms. The zero-order valence-corrected chi connectivity index (χ0v) is 13.8. The molecular weight excluding hydrogens is 357 g/mol. The highest BCUT2D eigenvalue weighted by atomic mass is 35.5. The lowest BCUT2D eigenvalue weighted by atomic mass is 9.97. The summed E-state index contributed by atoms with van der Waals surface area (Å²) in [4.78, 5) is 12.1. The number of aromatic nitrogens is 4. The quantitative estimate of drug-likeness (QED) is 0.639. The van der Waals surface area contributed by atoms with Crippen LogP contribution >= 0.6 is 11.6 Å². The standard InChI is InChI=1S/C14H15ClFN5O4/c1-2-24-11-8-10(19-13(17)20-11)21(6-18-8)12-14(16,3-4-15)9(23)7(5-22)25-12/h6-7,9,12,22-23H,2,5H2,1H3,(H2,17,19,20)/t7-,9-,12-,14-/m1/s1. The van der Waals surface area contributed by atoms with E-state index in [1.165, 1.54) is 10.9 Å². The van der Waals surface area contributed by atoms with Crippen LogP contribution in [-0.2, 0) is 4.74 Å². The van der Waals surface area contributed by atoms with Gasteiger partial charge in [0.2, 0.25) is 17.5 Å². The third kappa shape index (κ3) is 2.75. The van der Waals surface area contributed by atoms with Gasteiger partial charge < -0.3 is 25.4 Å². The average molecular weight is 372 g/mol. The molecule has 0 radical (unpaired) electrons. The summed E-state index contributed by atoms with van der Waals surface area (Å²) < 4.78 is 27.3. The van der Waals surface area contributed by atoms with Crippen LogP contribution < -0.4 is 10.5 Å². The van der Waals surface area contributed by atoms with Crippen LogP contribution in [0.25, 0.3) is 11.2 Å². The SMILES string of the molecule is CCOc1nc(N)nc2c1ncn2[C@@H]1O[C@H](CO)[C@@H](O)[C@]1(F)C#CCl. The number of anilines is 1. The van der Waals surface area contributed by atoms with Crippen LogP contribution in [0.3, 0.4) is 0 Å². The Morgan fingerprint density at radius 2 is 2.32 bits per heavy atom. The van der Waals surface area contributed by atoms with E-state index < -0.39 is 30.7 Å². The molecule has 1 fully saturated rings. The van der Waals surface area contributed by atoms with Crippen molar-refractivity contribution < 1.29 is 24.1 Å². The molecule has 0 saturated carbocycles. The molecule has 3 rings (SSSR count). The number of alkyl halides is 1. The van der Waals surface area contributed by atoms with Gasteiger partial charge in [-0.3, -0.25) is 4.57 Å². The summed E-state index contributed by atoms with van der Waals surface area (Å²) in [6, 6.07) is 0. The number of rotatable bonds is 4. The number of ether oxygens (including phenoxy) is 2. The van der Waals surface area contributed by atoms with E-state index in [0.29, 0.717) is 6.61 Å². The first-order valence-electron chi connectivity index (χ1n) is 7.35. The minimum absolute atomic E-state index is 0.108. The Morgan fingerprint density at radius 3 is 2.96 bits per heavy atom. The summed E-state index contributed by atoms with van der Waals surface area (Å²) in [5, 5.41) is 21.4. The highest BCUT2D eigenvalue weighted by Gasteiger charge is 2.58. The van der Waals surface area contributed by atoms with E-state index in [2.05, 4.69) is 20.9 Å². The number of nitrogen functional groups attached to an aromatic ring is 1. The number of imidazole rings is 1. The smallest absolute Gasteiger partial charge is 0.247 e. The van der Waals surface area contributed by atoms with Gasteiger partial charge in [0.05, 0.1) is 19.5 Å². The number of halogens is 2. The second-order valence-corrected chi connectivity index (χ2v) is 5.47. The molecule has 1 aliphatic rings. The van der Waals surface area contributed by atoms with E-state index in [-0.39, 0.29) is 23.0 Å². The second kappa shape index (κ2) is 6.61. The van der Waals surface area contributed by atoms with Crippen molar-refractivity contribution in [2.24, 2.45) is 0 Å². The zero-order chi connectivity index (χ0) is 18.2. The minimum Gasteiger partial charge on any atom is -0.476 e. The van der Waals surface area contributed by atoms with Gasteiger partial charge in [-0.1, -0.05) is 0 Å². The number of aliphatic hydroxyl groups is 2. The molecule has 2 aromatic rings. The van der Waals surface area contributed by atoms with Crippen molar-refractivity contribution in [1.82, 2.24) is 19.5 Å². The maximum absolute atomic E-state index is 15.3. The lowest BCUT2D eigenvalue weighted by Crippen LogP contribution is -2.42. The second-order valence-electron chi connectivity index (χ2n) is 5.29. The van der Waals surface area contributed by atoms with Crippen molar-refractivity contribution in [3.05, 3.63) is 6.33 Å². The van der Waals surface area contributed by atoms with Crippen molar-refractivity contribution in [1.29, 1.82) is 0 Å². The summed E-state index contributed by atoms with van der Waals surface area (Å²) in [5.41, 5.74) is 3.45. The van der Waals surface area contributed by atoms with Crippen LogP contribution in [0.5, 0.6) is 5.88 Å². The first-order chi connectivity index (χ1) is 12.0. The monoisotopic (exact) mass is 371 g/mol. The van der Waals surface area contributed by atoms with E-state index in [0.717, 1.165) is 0 Å². The Labute approximate surface area is 146 Å². The summed E-state index contributed by atoms with van der Waals surface area (Å²) in [5.74, 6) is 2.13. The maximum atomic E-state index is 15.3. The molecule has 25 heavy (non-hydrogen) atoms. The van der Waals surface area contributed by atoms with Crippen LogP contribution in [0.2, 0.25) is 0 Å². The molecule has 0 amide bonds. The molecular formula is C14H15ClFN5O4. The molecule has 9 nitrogen and oxygen atoms in total. The summed E-state index contributed by atoms with van der Waals surface area (Å²) in [6.45, 7) is 1.46. The summed E-state index contributed by atoms with van der Waals surface area (Å²) in [7, 11) is 0. The van der Waals surface area contributed by atoms with E-state index in [9.17, 15) is 10.2 Å². The molecule has 0 aromatic carbocycles. The molecule has 0 bridgehead atoms. The first kappa shape index (κ1) is 17.6. The minimum atomic E-state index is -2.59. The molecule has 1 aliphatic heterocycles. The van der Waals surface area contributed by atoms with Gasteiger partial charge in [-0.25, -0.2) is 9.37 Å². The van der Waals surface area contributed by atoms with Crippen LogP contribution in [0.15, 0.2) is 6.33 Å². The van der Waals surface area contributed by atoms with Crippen LogP contribution in [0.1, 0.15) is 13.2 Å². The van der Waals surface area contributed by atoms with Gasteiger partial charge >= 0.3 is 0 Å². The van der Waals surface area contributed by atoms with Gasteiger partial charge in [0.1, 0.15) is 12.2 Å². The number of fused-ring (bicyclic) bond motifs is 1. The Balaban J connectivity index is 2.16. The molecule has 1 saturated heterocycles. The number of hydrogen-bond donors (Lipinski definition) is 3. The lowest BCUT2D eigenvalue weighted by Gasteiger charge is -2.23. The fraction of sp³-hybridized carbons (Fsp3) is 0.500. The molecule has 0 aliphatic carbocycles. The Morgan fingerprint density at radius 1 is 1.56 bits per heavy atom. The van der Waals surface area contributed by atoms with Gasteiger partial charge in [-0.05, 0) is 24.4 Å². The molecule has 0 unspecified atom stereocenters. The lowest BCUT2D eigenvalue weighted by molar-refractivity contribution is -0.0504. The predicted molar refractivity (Wildman–Crippen MR) is 85.4 cm³/mol. The van der Waals surface area contributed by atoms with Gasteiger partial charge in [0, 0.05) is 5.38 Å². The van der Waals surface area contributed by atoms with Crippen molar-refractivity contribution in [3.63, 3.8) is 0 Å². The molecule has 2 aromatic heterocycles. The van der Waals surface area contributed by atoms with Crippen LogP contribution in [0.4, 0.5) is 10.3 Å². The average Bonchev–Trinajstić information content (AvgIpc) is 3.08. The first-order valence-corrected chi connectivity index (χ1v) is 7.73. The predicted octanol–water partition coefficient (Wildman–Crippen LogP) is -0.0342. The Hall–Kier alpha value is -2.19. The highest BCUT2D eigenvalue weighted by molar-refractivity contribution is 6.30. The number of hydrogen-bond acceptors (Lipinski definition) is 8. The summed E-state index contributed by atoms with van der Waals surface area (Å²) >= 11 is 5.34. The number of aliphatic hydroxyl groups excluding tert-OH is 2. The molecule has 0 spiro atoms.